The number of likely N-dealkylation sites (tertiary alicyclic amines) is 1. The van der Waals surface area contributed by atoms with Gasteiger partial charge in [0.1, 0.15) is 12.1 Å². The predicted molar refractivity (Wildman–Crippen MR) is 151 cm³/mol. The van der Waals surface area contributed by atoms with Crippen molar-refractivity contribution in [3.05, 3.63) is 12.7 Å². The van der Waals surface area contributed by atoms with E-state index >= 15 is 0 Å². The van der Waals surface area contributed by atoms with Gasteiger partial charge in [-0.15, -0.1) is 6.58 Å². The van der Waals surface area contributed by atoms with Crippen LogP contribution in [-0.2, 0) is 23.9 Å². The number of amides is 4. The molecule has 0 bridgehead atoms. The van der Waals surface area contributed by atoms with Gasteiger partial charge in [-0.2, -0.15) is 0 Å². The number of hydrogen-bond acceptors (Lipinski definition) is 6. The number of nitrogens with one attached hydrogen (secondary N) is 3. The van der Waals surface area contributed by atoms with Crippen molar-refractivity contribution in [2.75, 3.05) is 19.7 Å². The Bertz CT molecular complexity index is 1050. The van der Waals surface area contributed by atoms with Gasteiger partial charge in [-0.1, -0.05) is 47.1 Å². The van der Waals surface area contributed by atoms with E-state index in [1.807, 2.05) is 34.6 Å². The first-order chi connectivity index (χ1) is 19.6. The van der Waals surface area contributed by atoms with Crippen molar-refractivity contribution >= 4 is 29.6 Å². The molecule has 3 fully saturated rings. The van der Waals surface area contributed by atoms with Gasteiger partial charge < -0.3 is 25.6 Å². The molecular weight excluding hydrogens is 550 g/mol. The monoisotopic (exact) mass is 596 g/mol. The zero-order valence-corrected chi connectivity index (χ0v) is 25.3. The quantitative estimate of drug-likeness (QED) is 0.221. The fourth-order valence-electron chi connectivity index (χ4n) is 6.40. The van der Waals surface area contributed by atoms with Crippen LogP contribution in [0.25, 0.3) is 0 Å². The second-order valence-electron chi connectivity index (χ2n) is 12.9. The van der Waals surface area contributed by atoms with Crippen LogP contribution in [0.2, 0.25) is 0 Å². The van der Waals surface area contributed by atoms with Crippen LogP contribution in [0.3, 0.4) is 0 Å². The van der Waals surface area contributed by atoms with Crippen molar-refractivity contribution in [3.63, 3.8) is 0 Å². The second-order valence-corrected chi connectivity index (χ2v) is 12.9. The van der Waals surface area contributed by atoms with E-state index in [0.717, 1.165) is 0 Å². The number of piperidine rings is 1. The maximum Gasteiger partial charge on any atom is 0.407 e. The molecule has 3 rings (SSSR count). The van der Waals surface area contributed by atoms with E-state index in [1.54, 1.807) is 0 Å². The van der Waals surface area contributed by atoms with Crippen LogP contribution in [0.15, 0.2) is 12.7 Å². The van der Waals surface area contributed by atoms with Crippen LogP contribution < -0.4 is 16.0 Å². The first-order valence-corrected chi connectivity index (χ1v) is 15.0. The maximum atomic E-state index is 14.1. The minimum atomic E-state index is -2.83. The van der Waals surface area contributed by atoms with E-state index in [4.69, 9.17) is 4.74 Å². The van der Waals surface area contributed by atoms with Gasteiger partial charge in [0, 0.05) is 25.9 Å². The summed E-state index contributed by atoms with van der Waals surface area (Å²) in [5, 5.41) is 7.78. The third-order valence-corrected chi connectivity index (χ3v) is 8.92. The molecule has 42 heavy (non-hydrogen) atoms. The van der Waals surface area contributed by atoms with Gasteiger partial charge in [-0.3, -0.25) is 19.2 Å². The fraction of sp³-hybridized carbons (Fsp3) is 0.767. The highest BCUT2D eigenvalue weighted by molar-refractivity contribution is 6.38. The number of Topliss-reactive ketones (excluding diaryl/α,β-unsaturated/α-hetero) is 1. The van der Waals surface area contributed by atoms with Gasteiger partial charge in [0.15, 0.2) is 0 Å². The molecule has 10 nitrogen and oxygen atoms in total. The number of ketones is 1. The highest BCUT2D eigenvalue weighted by Gasteiger charge is 2.69. The van der Waals surface area contributed by atoms with Gasteiger partial charge >= 0.3 is 6.09 Å². The molecule has 5 unspecified atom stereocenters. The number of nitrogens with zero attached hydrogens (tertiary/aromatic N) is 1. The molecule has 1 saturated heterocycles. The summed E-state index contributed by atoms with van der Waals surface area (Å²) in [6.07, 6.45) is 0.631. The third-order valence-electron chi connectivity index (χ3n) is 8.92. The summed E-state index contributed by atoms with van der Waals surface area (Å²) in [6.45, 7) is 13.5. The lowest BCUT2D eigenvalue weighted by Crippen LogP contribution is -2.60. The molecular formula is C30H46F2N4O6. The largest absolute Gasteiger partial charge is 0.449 e. The average molecular weight is 597 g/mol. The van der Waals surface area contributed by atoms with Crippen LogP contribution in [0.1, 0.15) is 73.1 Å². The smallest absolute Gasteiger partial charge is 0.407 e. The molecule has 0 spiro atoms. The number of fused-ring (bicyclic) bond motifs is 1. The Balaban J connectivity index is 1.84. The number of carbonyl (C=O) groups excluding carboxylic acids is 5. The van der Waals surface area contributed by atoms with Crippen LogP contribution in [0.5, 0.6) is 0 Å². The zero-order valence-electron chi connectivity index (χ0n) is 25.3. The normalized spacial score (nSPS) is 25.5. The average Bonchev–Trinajstić information content (AvgIpc) is 3.24. The summed E-state index contributed by atoms with van der Waals surface area (Å²) in [6, 6.07) is -3.16. The highest BCUT2D eigenvalue weighted by atomic mass is 19.3. The van der Waals surface area contributed by atoms with E-state index in [2.05, 4.69) is 22.5 Å². The SMILES string of the molecule is C=CCNC(=O)C(=O)C(CCC)NC(=O)C1C2C(CN1C(=O)C(NC(=O)OCC(C)C)C1CCC(F)(F)CC1)C2(C)C. The summed E-state index contributed by atoms with van der Waals surface area (Å²) < 4.78 is 33.2. The number of hydrogen-bond donors (Lipinski definition) is 3. The first-order valence-electron chi connectivity index (χ1n) is 15.0. The van der Waals surface area contributed by atoms with Crippen molar-refractivity contribution < 1.29 is 37.5 Å². The molecule has 2 aliphatic carbocycles. The fourth-order valence-corrected chi connectivity index (χ4v) is 6.40. The first kappa shape index (κ1) is 33.5. The lowest BCUT2D eigenvalue weighted by atomic mass is 9.81. The van der Waals surface area contributed by atoms with Crippen molar-refractivity contribution in [2.45, 2.75) is 97.2 Å². The van der Waals surface area contributed by atoms with Crippen molar-refractivity contribution in [1.82, 2.24) is 20.9 Å². The van der Waals surface area contributed by atoms with Crippen LogP contribution in [0, 0.1) is 29.1 Å². The second kappa shape index (κ2) is 13.5. The Hall–Kier alpha value is -3.05. The Kier molecular flexibility index (Phi) is 10.8. The molecule has 3 aliphatic rings. The van der Waals surface area contributed by atoms with Gasteiger partial charge in [-0.05, 0) is 48.3 Å². The number of ether oxygens (including phenoxy) is 1. The van der Waals surface area contributed by atoms with Gasteiger partial charge in [0.2, 0.25) is 23.5 Å². The lowest BCUT2D eigenvalue weighted by Gasteiger charge is -2.38. The minimum Gasteiger partial charge on any atom is -0.449 e. The molecule has 1 heterocycles. The summed E-state index contributed by atoms with van der Waals surface area (Å²) in [5.41, 5.74) is -0.240. The maximum absolute atomic E-state index is 14.1. The molecule has 5 atom stereocenters. The number of halogens is 2. The Labute approximate surface area is 246 Å². The van der Waals surface area contributed by atoms with Gasteiger partial charge in [0.25, 0.3) is 5.91 Å². The molecule has 12 heteroatoms. The molecule has 0 aromatic carbocycles. The number of alkyl halides is 2. The van der Waals surface area contributed by atoms with Crippen LogP contribution in [0.4, 0.5) is 13.6 Å². The number of carbonyl (C=O) groups is 5. The lowest BCUT2D eigenvalue weighted by molar-refractivity contribution is -0.145. The molecule has 0 aromatic heterocycles. The summed E-state index contributed by atoms with van der Waals surface area (Å²) in [5.74, 6) is -6.23. The van der Waals surface area contributed by atoms with E-state index in [0.29, 0.717) is 6.42 Å². The van der Waals surface area contributed by atoms with Crippen molar-refractivity contribution in [3.8, 4) is 0 Å². The summed E-state index contributed by atoms with van der Waals surface area (Å²) >= 11 is 0. The van der Waals surface area contributed by atoms with E-state index < -0.39 is 72.4 Å². The van der Waals surface area contributed by atoms with Crippen molar-refractivity contribution in [2.24, 2.45) is 29.1 Å². The Morgan fingerprint density at radius 2 is 1.74 bits per heavy atom. The molecule has 0 radical (unpaired) electrons. The molecule has 1 aliphatic heterocycles. The highest BCUT2D eigenvalue weighted by Crippen LogP contribution is 2.65. The third kappa shape index (κ3) is 7.66. The summed E-state index contributed by atoms with van der Waals surface area (Å²) in [7, 11) is 0. The molecule has 0 aromatic rings. The number of alkyl carbamates (subject to hydrolysis) is 1. The van der Waals surface area contributed by atoms with Crippen molar-refractivity contribution in [1.29, 1.82) is 0 Å². The van der Waals surface area contributed by atoms with Crippen LogP contribution >= 0.6 is 0 Å². The van der Waals surface area contributed by atoms with E-state index in [9.17, 15) is 32.8 Å². The topological polar surface area (TPSA) is 134 Å². The molecule has 4 amide bonds. The molecule has 2 saturated carbocycles. The predicted octanol–water partition coefficient (Wildman–Crippen LogP) is 3.20. The van der Waals surface area contributed by atoms with E-state index in [-0.39, 0.29) is 62.1 Å². The van der Waals surface area contributed by atoms with Crippen LogP contribution in [-0.4, -0.2) is 78.2 Å². The zero-order chi connectivity index (χ0) is 31.4. The molecule has 3 N–H and O–H groups in total. The van der Waals surface area contributed by atoms with Gasteiger partial charge in [-0.25, -0.2) is 13.6 Å². The minimum absolute atomic E-state index is 0.0117. The number of rotatable bonds is 13. The Morgan fingerprint density at radius 1 is 1.10 bits per heavy atom. The standard InChI is InChI=1S/C30H46F2N4O6/c1-7-9-20(24(37)26(39)33-14-8-2)34-25(38)23-21-19(29(21,5)6)15-36(23)27(40)22(35-28(41)42-16-17(3)4)18-10-12-30(31,32)13-11-18/h8,17-23H,2,7,9-16H2,1,3-6H3,(H,33,39)(H,34,38)(H,35,41). The summed E-state index contributed by atoms with van der Waals surface area (Å²) in [4.78, 5) is 67.2. The van der Waals surface area contributed by atoms with Gasteiger partial charge in [0.05, 0.1) is 12.6 Å². The van der Waals surface area contributed by atoms with E-state index in [1.165, 1.54) is 11.0 Å². The Morgan fingerprint density at radius 3 is 2.31 bits per heavy atom. The molecule has 236 valence electrons.